The van der Waals surface area contributed by atoms with Gasteiger partial charge in [-0.1, -0.05) is 42.5 Å². The first-order chi connectivity index (χ1) is 18.3. The van der Waals surface area contributed by atoms with Crippen LogP contribution in [0, 0.1) is 27.2 Å². The number of hydrogen-bond acceptors (Lipinski definition) is 8. The molecule has 5 rings (SSSR count). The number of nitro groups is 2. The van der Waals surface area contributed by atoms with Crippen molar-refractivity contribution in [3.05, 3.63) is 110 Å². The Morgan fingerprint density at radius 3 is 2.39 bits per heavy atom. The second-order valence-corrected chi connectivity index (χ2v) is 8.73. The highest BCUT2D eigenvalue weighted by molar-refractivity contribution is 6.10. The van der Waals surface area contributed by atoms with Crippen molar-refractivity contribution in [2.75, 3.05) is 0 Å². The summed E-state index contributed by atoms with van der Waals surface area (Å²) in [6, 6.07) is 17.4. The average Bonchev–Trinajstić information content (AvgIpc) is 3.59. The third kappa shape index (κ3) is 4.30. The van der Waals surface area contributed by atoms with E-state index >= 15 is 0 Å². The summed E-state index contributed by atoms with van der Waals surface area (Å²) in [5.41, 5.74) is 2.33. The molecule has 11 heteroatoms. The third-order valence-electron chi connectivity index (χ3n) is 6.34. The first kappa shape index (κ1) is 24.5. The number of amides is 1. The molecule has 0 spiro atoms. The lowest BCUT2D eigenvalue weighted by atomic mass is 9.91. The molecule has 11 nitrogen and oxygen atoms in total. The molecule has 38 heavy (non-hydrogen) atoms. The molecule has 2 aromatic heterocycles. The van der Waals surface area contributed by atoms with Gasteiger partial charge in [0.05, 0.1) is 27.9 Å². The van der Waals surface area contributed by atoms with Crippen molar-refractivity contribution in [2.45, 2.75) is 26.3 Å². The van der Waals surface area contributed by atoms with E-state index in [9.17, 15) is 25.0 Å². The second kappa shape index (κ2) is 9.69. The number of benzene rings is 2. The number of nitro benzene ring substituents is 1. The van der Waals surface area contributed by atoms with E-state index in [0.29, 0.717) is 28.1 Å². The van der Waals surface area contributed by atoms with Gasteiger partial charge in [0, 0.05) is 42.3 Å². The molecule has 0 N–H and O–H groups in total. The Morgan fingerprint density at radius 2 is 1.76 bits per heavy atom. The predicted molar refractivity (Wildman–Crippen MR) is 138 cm³/mol. The van der Waals surface area contributed by atoms with Gasteiger partial charge in [0.25, 0.3) is 5.69 Å². The number of furan rings is 1. The Labute approximate surface area is 216 Å². The molecular weight excluding hydrogens is 490 g/mol. The zero-order chi connectivity index (χ0) is 27.0. The van der Waals surface area contributed by atoms with E-state index in [0.717, 1.165) is 0 Å². The molecule has 1 atom stereocenters. The van der Waals surface area contributed by atoms with Gasteiger partial charge in [-0.2, -0.15) is 5.10 Å². The molecule has 0 saturated carbocycles. The number of carbonyl (C=O) groups is 1. The number of non-ortho nitro benzene ring substituents is 1. The average molecular weight is 511 g/mol. The Balaban J connectivity index is 1.73. The molecule has 1 aliphatic heterocycles. The molecule has 4 aromatic rings. The molecule has 0 saturated heterocycles. The van der Waals surface area contributed by atoms with E-state index in [1.807, 2.05) is 6.07 Å². The zero-order valence-electron chi connectivity index (χ0n) is 20.4. The zero-order valence-corrected chi connectivity index (χ0v) is 20.4. The number of rotatable bonds is 6. The fourth-order valence-corrected chi connectivity index (χ4v) is 4.74. The smallest absolute Gasteiger partial charge is 0.307 e. The number of nitrogens with zero attached hydrogens (tertiary/aromatic N) is 5. The fourth-order valence-electron chi connectivity index (χ4n) is 4.74. The van der Waals surface area contributed by atoms with Crippen LogP contribution in [-0.4, -0.2) is 31.5 Å². The van der Waals surface area contributed by atoms with Crippen molar-refractivity contribution < 1.29 is 19.1 Å². The summed E-state index contributed by atoms with van der Waals surface area (Å²) in [5.74, 6) is -0.123. The van der Waals surface area contributed by atoms with E-state index in [-0.39, 0.29) is 40.7 Å². The normalized spacial score (nSPS) is 14.8. The molecular formula is C27H21N5O6. The number of hydrazone groups is 1. The van der Waals surface area contributed by atoms with Gasteiger partial charge in [0.15, 0.2) is 0 Å². The Morgan fingerprint density at radius 1 is 1.00 bits per heavy atom. The van der Waals surface area contributed by atoms with Crippen molar-refractivity contribution >= 4 is 23.0 Å². The monoisotopic (exact) mass is 511 g/mol. The number of aryl methyl sites for hydroxylation is 1. The first-order valence-corrected chi connectivity index (χ1v) is 11.7. The van der Waals surface area contributed by atoms with Crippen LogP contribution in [0.2, 0.25) is 0 Å². The highest BCUT2D eigenvalue weighted by Crippen LogP contribution is 2.44. The van der Waals surface area contributed by atoms with Crippen LogP contribution < -0.4 is 0 Å². The number of hydrogen-bond donors (Lipinski definition) is 0. The van der Waals surface area contributed by atoms with Gasteiger partial charge in [-0.3, -0.25) is 25.0 Å². The molecule has 2 aromatic carbocycles. The maximum absolute atomic E-state index is 12.6. The number of pyridine rings is 1. The first-order valence-electron chi connectivity index (χ1n) is 11.7. The van der Waals surface area contributed by atoms with E-state index in [2.05, 4.69) is 10.1 Å². The molecule has 0 aliphatic carbocycles. The lowest BCUT2D eigenvalue weighted by molar-refractivity contribution is -0.385. The van der Waals surface area contributed by atoms with Gasteiger partial charge in [-0.25, -0.2) is 9.99 Å². The quantitative estimate of drug-likeness (QED) is 0.234. The number of aromatic nitrogens is 1. The second-order valence-electron chi connectivity index (χ2n) is 8.73. The minimum atomic E-state index is -0.640. The van der Waals surface area contributed by atoms with Crippen LogP contribution in [0.25, 0.3) is 22.6 Å². The predicted octanol–water partition coefficient (Wildman–Crippen LogP) is 5.83. The topological polar surface area (TPSA) is 145 Å². The minimum Gasteiger partial charge on any atom is -0.464 e. The van der Waals surface area contributed by atoms with Crippen LogP contribution in [-0.2, 0) is 4.79 Å². The van der Waals surface area contributed by atoms with Crippen LogP contribution >= 0.6 is 0 Å². The van der Waals surface area contributed by atoms with Gasteiger partial charge in [0.1, 0.15) is 17.0 Å². The summed E-state index contributed by atoms with van der Waals surface area (Å²) in [6.07, 6.45) is 1.59. The summed E-state index contributed by atoms with van der Waals surface area (Å²) in [5, 5.41) is 29.7. The SMILES string of the molecule is CC(=O)N1N=C(c2c(C)nc(-c3ccccc3)c([N+](=O)[O-])c2-c2ccco2)CC1c1cccc([N+](=O)[O-])c1. The van der Waals surface area contributed by atoms with E-state index in [1.54, 1.807) is 55.5 Å². The fraction of sp³-hybridized carbons (Fsp3) is 0.148. The Hall–Kier alpha value is -5.19. The van der Waals surface area contributed by atoms with E-state index < -0.39 is 15.9 Å². The molecule has 3 heterocycles. The number of carbonyl (C=O) groups excluding carboxylic acids is 1. The standard InChI is InChI=1S/C27H21N5O6/c1-16-24(21-15-22(30(29-21)17(2)33)19-10-6-11-20(14-19)31(34)35)25(23-12-7-13-38-23)27(32(36)37)26(28-16)18-8-4-3-5-9-18/h3-14,22H,15H2,1-2H3. The van der Waals surface area contributed by atoms with Gasteiger partial charge in [-0.05, 0) is 24.6 Å². The Bertz CT molecular complexity index is 1600. The Kier molecular flexibility index (Phi) is 6.25. The largest absolute Gasteiger partial charge is 0.464 e. The maximum atomic E-state index is 12.6. The van der Waals surface area contributed by atoms with Gasteiger partial charge >= 0.3 is 5.69 Å². The van der Waals surface area contributed by atoms with E-state index in [1.165, 1.54) is 30.3 Å². The molecule has 1 unspecified atom stereocenters. The molecule has 0 radical (unpaired) electrons. The van der Waals surface area contributed by atoms with Gasteiger partial charge in [-0.15, -0.1) is 0 Å². The van der Waals surface area contributed by atoms with Crippen molar-refractivity contribution in [1.82, 2.24) is 9.99 Å². The maximum Gasteiger partial charge on any atom is 0.307 e. The minimum absolute atomic E-state index is 0.114. The van der Waals surface area contributed by atoms with Crippen molar-refractivity contribution in [2.24, 2.45) is 5.10 Å². The van der Waals surface area contributed by atoms with Crippen molar-refractivity contribution in [1.29, 1.82) is 0 Å². The third-order valence-corrected chi connectivity index (χ3v) is 6.34. The molecule has 0 fully saturated rings. The highest BCUT2D eigenvalue weighted by atomic mass is 16.6. The highest BCUT2D eigenvalue weighted by Gasteiger charge is 2.38. The van der Waals surface area contributed by atoms with Gasteiger partial charge in [0.2, 0.25) is 5.91 Å². The summed E-state index contributed by atoms with van der Waals surface area (Å²) in [4.78, 5) is 40.1. The van der Waals surface area contributed by atoms with Crippen LogP contribution in [0.3, 0.4) is 0 Å². The van der Waals surface area contributed by atoms with E-state index in [4.69, 9.17) is 4.42 Å². The molecule has 190 valence electrons. The lowest BCUT2D eigenvalue weighted by Crippen LogP contribution is -2.24. The van der Waals surface area contributed by atoms with Crippen LogP contribution in [0.5, 0.6) is 0 Å². The summed E-state index contributed by atoms with van der Waals surface area (Å²) < 4.78 is 5.64. The van der Waals surface area contributed by atoms with Gasteiger partial charge < -0.3 is 4.42 Å². The lowest BCUT2D eigenvalue weighted by Gasteiger charge is -2.20. The molecule has 1 aliphatic rings. The summed E-state index contributed by atoms with van der Waals surface area (Å²) in [7, 11) is 0. The summed E-state index contributed by atoms with van der Waals surface area (Å²) >= 11 is 0. The molecule has 0 bridgehead atoms. The van der Waals surface area contributed by atoms with Crippen molar-refractivity contribution in [3.8, 4) is 22.6 Å². The van der Waals surface area contributed by atoms with Crippen LogP contribution in [0.1, 0.15) is 36.2 Å². The van der Waals surface area contributed by atoms with Crippen molar-refractivity contribution in [3.63, 3.8) is 0 Å². The summed E-state index contributed by atoms with van der Waals surface area (Å²) in [6.45, 7) is 3.07. The van der Waals surface area contributed by atoms with Crippen LogP contribution in [0.4, 0.5) is 11.4 Å². The molecule has 1 amide bonds. The van der Waals surface area contributed by atoms with Crippen LogP contribution in [0.15, 0.2) is 82.5 Å².